The Bertz CT molecular complexity index is 666. The number of amides is 2. The standard InChI is InChI=1S/C18H21ClN2O3/c19-15-12-13(20-17(22)16-6-2-5-11-24-16)7-8-14(15)18(23)21-9-3-1-4-10-21/h6-8,12H,1-5,9-11H2,(H,20,22). The summed E-state index contributed by atoms with van der Waals surface area (Å²) in [6, 6.07) is 4.98. The number of piperidine rings is 1. The average molecular weight is 349 g/mol. The van der Waals surface area contributed by atoms with Crippen LogP contribution in [0.25, 0.3) is 0 Å². The van der Waals surface area contributed by atoms with Gasteiger partial charge in [-0.3, -0.25) is 9.59 Å². The largest absolute Gasteiger partial charge is 0.488 e. The molecule has 5 nitrogen and oxygen atoms in total. The Labute approximate surface area is 146 Å². The number of halogens is 1. The minimum Gasteiger partial charge on any atom is -0.488 e. The molecule has 2 aliphatic heterocycles. The maximum absolute atomic E-state index is 12.5. The maximum atomic E-state index is 12.5. The number of carbonyl (C=O) groups excluding carboxylic acids is 2. The van der Waals surface area contributed by atoms with E-state index in [0.717, 1.165) is 38.8 Å². The molecule has 0 aromatic heterocycles. The molecule has 1 fully saturated rings. The summed E-state index contributed by atoms with van der Waals surface area (Å²) in [6.45, 7) is 2.11. The van der Waals surface area contributed by atoms with Crippen LogP contribution in [0.15, 0.2) is 30.0 Å². The average Bonchev–Trinajstić information content (AvgIpc) is 2.63. The highest BCUT2D eigenvalue weighted by Crippen LogP contribution is 2.24. The van der Waals surface area contributed by atoms with E-state index in [0.29, 0.717) is 28.6 Å². The van der Waals surface area contributed by atoms with Crippen LogP contribution in [0.2, 0.25) is 5.02 Å². The molecule has 0 saturated carbocycles. The molecular formula is C18H21ClN2O3. The number of ether oxygens (including phenoxy) is 1. The van der Waals surface area contributed by atoms with Crippen molar-refractivity contribution in [2.24, 2.45) is 0 Å². The Morgan fingerprint density at radius 1 is 1.12 bits per heavy atom. The van der Waals surface area contributed by atoms with Gasteiger partial charge in [0.15, 0.2) is 5.76 Å². The summed E-state index contributed by atoms with van der Waals surface area (Å²) >= 11 is 6.27. The van der Waals surface area contributed by atoms with Crippen LogP contribution in [0.5, 0.6) is 0 Å². The third-order valence-electron chi connectivity index (χ3n) is 4.26. The van der Waals surface area contributed by atoms with Crippen LogP contribution >= 0.6 is 11.6 Å². The second-order valence-electron chi connectivity index (χ2n) is 6.06. The predicted octanol–water partition coefficient (Wildman–Crippen LogP) is 3.60. The summed E-state index contributed by atoms with van der Waals surface area (Å²) < 4.78 is 5.34. The molecule has 2 amide bonds. The molecule has 0 unspecified atom stereocenters. The summed E-state index contributed by atoms with van der Waals surface area (Å²) in [5.41, 5.74) is 1.03. The fraction of sp³-hybridized carbons (Fsp3) is 0.444. The van der Waals surface area contributed by atoms with Gasteiger partial charge in [0.05, 0.1) is 17.2 Å². The Morgan fingerprint density at radius 3 is 2.58 bits per heavy atom. The topological polar surface area (TPSA) is 58.6 Å². The number of nitrogens with one attached hydrogen (secondary N) is 1. The maximum Gasteiger partial charge on any atom is 0.290 e. The number of rotatable bonds is 3. The van der Waals surface area contributed by atoms with Gasteiger partial charge in [-0.2, -0.15) is 0 Å². The summed E-state index contributed by atoms with van der Waals surface area (Å²) in [6.07, 6.45) is 6.79. The summed E-state index contributed by atoms with van der Waals surface area (Å²) in [7, 11) is 0. The second kappa shape index (κ2) is 7.71. The molecular weight excluding hydrogens is 328 g/mol. The molecule has 0 radical (unpaired) electrons. The van der Waals surface area contributed by atoms with Crippen molar-refractivity contribution in [3.8, 4) is 0 Å². The van der Waals surface area contributed by atoms with Crippen molar-refractivity contribution in [1.82, 2.24) is 4.90 Å². The normalized spacial score (nSPS) is 17.7. The molecule has 0 aliphatic carbocycles. The molecule has 2 heterocycles. The van der Waals surface area contributed by atoms with Gasteiger partial charge in [-0.05, 0) is 56.4 Å². The van der Waals surface area contributed by atoms with Gasteiger partial charge in [0, 0.05) is 18.8 Å². The number of nitrogens with zero attached hydrogens (tertiary/aromatic N) is 1. The van der Waals surface area contributed by atoms with Gasteiger partial charge in [0.2, 0.25) is 0 Å². The van der Waals surface area contributed by atoms with Crippen molar-refractivity contribution in [2.75, 3.05) is 25.0 Å². The van der Waals surface area contributed by atoms with E-state index in [1.165, 1.54) is 6.42 Å². The van der Waals surface area contributed by atoms with E-state index < -0.39 is 0 Å². The fourth-order valence-corrected chi connectivity index (χ4v) is 3.20. The number of carbonyl (C=O) groups is 2. The highest BCUT2D eigenvalue weighted by atomic mass is 35.5. The summed E-state index contributed by atoms with van der Waals surface area (Å²) in [5, 5.41) is 3.11. The molecule has 3 rings (SSSR count). The highest BCUT2D eigenvalue weighted by molar-refractivity contribution is 6.34. The third-order valence-corrected chi connectivity index (χ3v) is 4.57. The molecule has 128 valence electrons. The van der Waals surface area contributed by atoms with E-state index in [4.69, 9.17) is 16.3 Å². The number of hydrogen-bond donors (Lipinski definition) is 1. The second-order valence-corrected chi connectivity index (χ2v) is 6.47. The molecule has 0 atom stereocenters. The fourth-order valence-electron chi connectivity index (χ4n) is 2.94. The first kappa shape index (κ1) is 16.8. The zero-order valence-corrected chi connectivity index (χ0v) is 14.3. The lowest BCUT2D eigenvalue weighted by atomic mass is 10.1. The van der Waals surface area contributed by atoms with Crippen LogP contribution in [-0.2, 0) is 9.53 Å². The first-order valence-corrected chi connectivity index (χ1v) is 8.76. The molecule has 1 saturated heterocycles. The van der Waals surface area contributed by atoms with Gasteiger partial charge < -0.3 is 15.0 Å². The monoisotopic (exact) mass is 348 g/mol. The molecule has 2 aliphatic rings. The van der Waals surface area contributed by atoms with Gasteiger partial charge in [-0.1, -0.05) is 11.6 Å². The zero-order valence-electron chi connectivity index (χ0n) is 13.5. The van der Waals surface area contributed by atoms with Gasteiger partial charge in [-0.15, -0.1) is 0 Å². The molecule has 1 aromatic rings. The molecule has 1 aromatic carbocycles. The lowest BCUT2D eigenvalue weighted by Gasteiger charge is -2.27. The smallest absolute Gasteiger partial charge is 0.290 e. The third kappa shape index (κ3) is 3.90. The van der Waals surface area contributed by atoms with Crippen LogP contribution in [0.4, 0.5) is 5.69 Å². The number of allylic oxidation sites excluding steroid dienone is 1. The van der Waals surface area contributed by atoms with Crippen LogP contribution < -0.4 is 5.32 Å². The zero-order chi connectivity index (χ0) is 16.9. The highest BCUT2D eigenvalue weighted by Gasteiger charge is 2.21. The summed E-state index contributed by atoms with van der Waals surface area (Å²) in [5.74, 6) is 0.00242. The van der Waals surface area contributed by atoms with E-state index >= 15 is 0 Å². The van der Waals surface area contributed by atoms with Gasteiger partial charge >= 0.3 is 0 Å². The molecule has 0 spiro atoms. The molecule has 6 heteroatoms. The number of likely N-dealkylation sites (tertiary alicyclic amines) is 1. The van der Waals surface area contributed by atoms with Crippen molar-refractivity contribution < 1.29 is 14.3 Å². The van der Waals surface area contributed by atoms with Gasteiger partial charge in [0.25, 0.3) is 11.8 Å². The number of hydrogen-bond acceptors (Lipinski definition) is 3. The van der Waals surface area contributed by atoms with Gasteiger partial charge in [-0.25, -0.2) is 0 Å². The van der Waals surface area contributed by atoms with E-state index in [1.54, 1.807) is 24.3 Å². The number of benzene rings is 1. The molecule has 24 heavy (non-hydrogen) atoms. The Hall–Kier alpha value is -2.01. The minimum atomic E-state index is -0.291. The van der Waals surface area contributed by atoms with Crippen LogP contribution in [0, 0.1) is 0 Å². The van der Waals surface area contributed by atoms with E-state index in [2.05, 4.69) is 5.32 Å². The van der Waals surface area contributed by atoms with Crippen molar-refractivity contribution in [3.63, 3.8) is 0 Å². The van der Waals surface area contributed by atoms with Crippen molar-refractivity contribution in [3.05, 3.63) is 40.6 Å². The molecule has 1 N–H and O–H groups in total. The summed E-state index contributed by atoms with van der Waals surface area (Å²) in [4.78, 5) is 26.5. The van der Waals surface area contributed by atoms with Crippen molar-refractivity contribution in [1.29, 1.82) is 0 Å². The van der Waals surface area contributed by atoms with E-state index in [-0.39, 0.29) is 11.8 Å². The van der Waals surface area contributed by atoms with E-state index in [1.807, 2.05) is 4.90 Å². The van der Waals surface area contributed by atoms with Crippen LogP contribution in [0.3, 0.4) is 0 Å². The quantitative estimate of drug-likeness (QED) is 0.908. The predicted molar refractivity (Wildman–Crippen MR) is 93.1 cm³/mol. The Balaban J connectivity index is 1.69. The Morgan fingerprint density at radius 2 is 1.92 bits per heavy atom. The molecule has 0 bridgehead atoms. The van der Waals surface area contributed by atoms with Crippen LogP contribution in [-0.4, -0.2) is 36.4 Å². The first-order chi connectivity index (χ1) is 11.6. The SMILES string of the molecule is O=C(Nc1ccc(C(=O)N2CCCCC2)c(Cl)c1)C1=CCCCO1. The van der Waals surface area contributed by atoms with Gasteiger partial charge in [0.1, 0.15) is 0 Å². The minimum absolute atomic E-state index is 0.0455. The lowest BCUT2D eigenvalue weighted by molar-refractivity contribution is -0.116. The van der Waals surface area contributed by atoms with Crippen LogP contribution in [0.1, 0.15) is 42.5 Å². The number of anilines is 1. The Kier molecular flexibility index (Phi) is 5.41. The van der Waals surface area contributed by atoms with Crippen molar-refractivity contribution in [2.45, 2.75) is 32.1 Å². The van der Waals surface area contributed by atoms with Crippen molar-refractivity contribution >= 4 is 29.1 Å². The van der Waals surface area contributed by atoms with E-state index in [9.17, 15) is 9.59 Å². The first-order valence-electron chi connectivity index (χ1n) is 8.38. The lowest BCUT2D eigenvalue weighted by Crippen LogP contribution is -2.35.